The van der Waals surface area contributed by atoms with E-state index in [1.54, 1.807) is 6.92 Å². The highest BCUT2D eigenvalue weighted by molar-refractivity contribution is 8.00. The van der Waals surface area contributed by atoms with E-state index in [1.165, 1.54) is 40.8 Å². The molecule has 0 saturated heterocycles. The number of nitrogens with one attached hydrogen (secondary N) is 1. The van der Waals surface area contributed by atoms with Crippen molar-refractivity contribution >= 4 is 40.0 Å². The maximum atomic E-state index is 13.1. The first-order valence-corrected chi connectivity index (χ1v) is 13.0. The van der Waals surface area contributed by atoms with Crippen molar-refractivity contribution in [2.24, 2.45) is 0 Å². The van der Waals surface area contributed by atoms with Crippen LogP contribution in [0.5, 0.6) is 0 Å². The Morgan fingerprint density at radius 3 is 2.71 bits per heavy atom. The molecule has 2 heterocycles. The maximum Gasteiger partial charge on any atom is 0.341 e. The Morgan fingerprint density at radius 1 is 1.23 bits per heavy atom. The minimum absolute atomic E-state index is 0.118. The van der Waals surface area contributed by atoms with Gasteiger partial charge < -0.3 is 14.6 Å². The summed E-state index contributed by atoms with van der Waals surface area (Å²) >= 11 is 2.98. The number of ether oxygens (including phenoxy) is 1. The molecule has 9 heteroatoms. The quantitative estimate of drug-likeness (QED) is 0.453. The van der Waals surface area contributed by atoms with Crippen LogP contribution in [0.25, 0.3) is 0 Å². The summed E-state index contributed by atoms with van der Waals surface area (Å²) < 4.78 is 7.56. The number of thiophene rings is 1. The molecular weight excluding hydrogens is 432 g/mol. The second-order valence-electron chi connectivity index (χ2n) is 8.60. The number of amides is 1. The number of carbonyl (C=O) groups is 2. The summed E-state index contributed by atoms with van der Waals surface area (Å²) in [5.74, 6) is 1.18. The van der Waals surface area contributed by atoms with Crippen LogP contribution in [-0.4, -0.2) is 38.5 Å². The average Bonchev–Trinajstić information content (AvgIpc) is 3.69. The molecule has 3 aliphatic carbocycles. The number of carbonyl (C=O) groups excluding carboxylic acids is 2. The van der Waals surface area contributed by atoms with Crippen molar-refractivity contribution in [1.82, 2.24) is 14.8 Å². The molecule has 166 valence electrons. The number of fused-ring (bicyclic) bond motifs is 1. The van der Waals surface area contributed by atoms with Gasteiger partial charge in [-0.25, -0.2) is 4.79 Å². The highest BCUT2D eigenvalue weighted by Crippen LogP contribution is 2.46. The Labute approximate surface area is 190 Å². The Hall–Kier alpha value is -1.87. The molecule has 2 fully saturated rings. The van der Waals surface area contributed by atoms with Crippen molar-refractivity contribution in [3.8, 4) is 0 Å². The number of anilines is 1. The predicted molar refractivity (Wildman–Crippen MR) is 121 cm³/mol. The van der Waals surface area contributed by atoms with Gasteiger partial charge in [0.25, 0.3) is 0 Å². The zero-order chi connectivity index (χ0) is 21.5. The third-order valence-corrected chi connectivity index (χ3v) is 8.35. The molecular formula is C22H28N4O3S2. The summed E-state index contributed by atoms with van der Waals surface area (Å²) in [5.41, 5.74) is 1.62. The molecule has 5 rings (SSSR count). The standard InChI is InChI=1S/C22H28N4O3S2/c1-3-29-21(28)17-15-6-4-5-7-16(15)31-20(17)23-19(27)12(2)30-22-25-24-18(13-8-9-13)26(22)14-10-11-14/h12-14H,3-11H2,1-2H3,(H,23,27). The van der Waals surface area contributed by atoms with Gasteiger partial charge in [0.15, 0.2) is 5.16 Å². The number of hydrogen-bond donors (Lipinski definition) is 1. The number of esters is 1. The first-order chi connectivity index (χ1) is 15.1. The van der Waals surface area contributed by atoms with Gasteiger partial charge in [-0.2, -0.15) is 0 Å². The molecule has 0 aliphatic heterocycles. The lowest BCUT2D eigenvalue weighted by atomic mass is 9.95. The van der Waals surface area contributed by atoms with Crippen LogP contribution < -0.4 is 5.32 Å². The molecule has 0 aromatic carbocycles. The molecule has 1 amide bonds. The van der Waals surface area contributed by atoms with E-state index < -0.39 is 0 Å². The molecule has 0 radical (unpaired) electrons. The minimum atomic E-state index is -0.345. The summed E-state index contributed by atoms with van der Waals surface area (Å²) in [6, 6.07) is 0.489. The summed E-state index contributed by atoms with van der Waals surface area (Å²) in [7, 11) is 0. The fraction of sp³-hybridized carbons (Fsp3) is 0.636. The number of rotatable bonds is 8. The average molecular weight is 461 g/mol. The Kier molecular flexibility index (Phi) is 5.81. The largest absolute Gasteiger partial charge is 0.462 e. The molecule has 2 aromatic heterocycles. The van der Waals surface area contributed by atoms with Crippen molar-refractivity contribution in [2.75, 3.05) is 11.9 Å². The normalized spacial score (nSPS) is 19.0. The molecule has 2 aromatic rings. The van der Waals surface area contributed by atoms with Crippen LogP contribution >= 0.6 is 23.1 Å². The van der Waals surface area contributed by atoms with E-state index in [9.17, 15) is 9.59 Å². The van der Waals surface area contributed by atoms with Gasteiger partial charge in [-0.05, 0) is 70.8 Å². The van der Waals surface area contributed by atoms with Gasteiger partial charge in [0, 0.05) is 16.8 Å². The van der Waals surface area contributed by atoms with Crippen LogP contribution in [0, 0.1) is 0 Å². The first kappa shape index (κ1) is 21.0. The van der Waals surface area contributed by atoms with Crippen LogP contribution in [-0.2, 0) is 22.4 Å². The SMILES string of the molecule is CCOC(=O)c1c(NC(=O)C(C)Sc2nnc(C3CC3)n2C2CC2)sc2c1CCCC2. The van der Waals surface area contributed by atoms with E-state index in [0.29, 0.717) is 29.1 Å². The number of aromatic nitrogens is 3. The number of hydrogen-bond acceptors (Lipinski definition) is 7. The number of thioether (sulfide) groups is 1. The fourth-order valence-electron chi connectivity index (χ4n) is 4.16. The Morgan fingerprint density at radius 2 is 2.00 bits per heavy atom. The minimum Gasteiger partial charge on any atom is -0.462 e. The van der Waals surface area contributed by atoms with Gasteiger partial charge in [-0.1, -0.05) is 11.8 Å². The Bertz CT molecular complexity index is 1010. The topological polar surface area (TPSA) is 86.1 Å². The third kappa shape index (κ3) is 4.26. The van der Waals surface area contributed by atoms with E-state index in [4.69, 9.17) is 4.74 Å². The second kappa shape index (κ2) is 8.58. The zero-order valence-corrected chi connectivity index (χ0v) is 19.6. The lowest BCUT2D eigenvalue weighted by Crippen LogP contribution is -2.24. The van der Waals surface area contributed by atoms with Crippen LogP contribution in [0.15, 0.2) is 5.16 Å². The molecule has 0 spiro atoms. The first-order valence-electron chi connectivity index (χ1n) is 11.3. The van der Waals surface area contributed by atoms with Gasteiger partial charge >= 0.3 is 5.97 Å². The van der Waals surface area contributed by atoms with Gasteiger partial charge in [0.05, 0.1) is 17.4 Å². The number of nitrogens with zero attached hydrogens (tertiary/aromatic N) is 3. The van der Waals surface area contributed by atoms with E-state index >= 15 is 0 Å². The summed E-state index contributed by atoms with van der Waals surface area (Å²) in [6.45, 7) is 4.02. The summed E-state index contributed by atoms with van der Waals surface area (Å²) in [5, 5.41) is 13.0. The summed E-state index contributed by atoms with van der Waals surface area (Å²) in [6.07, 6.45) is 8.71. The van der Waals surface area contributed by atoms with Crippen LogP contribution in [0.3, 0.4) is 0 Å². The van der Waals surface area contributed by atoms with Crippen molar-refractivity contribution in [3.05, 3.63) is 21.8 Å². The lowest BCUT2D eigenvalue weighted by molar-refractivity contribution is -0.115. The van der Waals surface area contributed by atoms with Gasteiger partial charge in [0.1, 0.15) is 10.8 Å². The maximum absolute atomic E-state index is 13.1. The number of aryl methyl sites for hydroxylation is 1. The molecule has 1 N–H and O–H groups in total. The van der Waals surface area contributed by atoms with Gasteiger partial charge in [-0.3, -0.25) is 4.79 Å². The monoisotopic (exact) mass is 460 g/mol. The Balaban J connectivity index is 1.33. The van der Waals surface area contributed by atoms with Crippen molar-refractivity contribution in [1.29, 1.82) is 0 Å². The van der Waals surface area contributed by atoms with Crippen LogP contribution in [0.2, 0.25) is 0 Å². The lowest BCUT2D eigenvalue weighted by Gasteiger charge is -2.14. The molecule has 1 atom stereocenters. The molecule has 7 nitrogen and oxygen atoms in total. The highest BCUT2D eigenvalue weighted by Gasteiger charge is 2.37. The highest BCUT2D eigenvalue weighted by atomic mass is 32.2. The molecule has 31 heavy (non-hydrogen) atoms. The van der Waals surface area contributed by atoms with Crippen molar-refractivity contribution < 1.29 is 14.3 Å². The fourth-order valence-corrected chi connectivity index (χ4v) is 6.37. The second-order valence-corrected chi connectivity index (χ2v) is 11.0. The molecule has 0 bridgehead atoms. The van der Waals surface area contributed by atoms with E-state index in [-0.39, 0.29) is 17.1 Å². The zero-order valence-electron chi connectivity index (χ0n) is 18.0. The van der Waals surface area contributed by atoms with Gasteiger partial charge in [-0.15, -0.1) is 21.5 Å². The van der Waals surface area contributed by atoms with E-state index in [0.717, 1.165) is 55.1 Å². The molecule has 1 unspecified atom stereocenters. The third-order valence-electron chi connectivity index (χ3n) is 6.08. The molecule has 3 aliphatic rings. The van der Waals surface area contributed by atoms with E-state index in [1.807, 2.05) is 6.92 Å². The predicted octanol–water partition coefficient (Wildman–Crippen LogP) is 4.73. The van der Waals surface area contributed by atoms with E-state index in [2.05, 4.69) is 20.1 Å². The van der Waals surface area contributed by atoms with Crippen LogP contribution in [0.1, 0.15) is 91.0 Å². The van der Waals surface area contributed by atoms with Crippen molar-refractivity contribution in [3.63, 3.8) is 0 Å². The molecule has 2 saturated carbocycles. The van der Waals surface area contributed by atoms with Crippen molar-refractivity contribution in [2.45, 2.75) is 87.6 Å². The smallest absolute Gasteiger partial charge is 0.341 e. The summed E-state index contributed by atoms with van der Waals surface area (Å²) in [4.78, 5) is 26.9. The van der Waals surface area contributed by atoms with Crippen LogP contribution in [0.4, 0.5) is 5.00 Å². The van der Waals surface area contributed by atoms with Gasteiger partial charge in [0.2, 0.25) is 5.91 Å².